The molecule has 28 heavy (non-hydrogen) atoms. The van der Waals surface area contributed by atoms with Crippen molar-refractivity contribution in [2.45, 2.75) is 25.8 Å². The van der Waals surface area contributed by atoms with Crippen LogP contribution in [0.4, 0.5) is 4.39 Å². The third-order valence-electron chi connectivity index (χ3n) is 4.80. The second-order valence-corrected chi connectivity index (χ2v) is 7.42. The molecular weight excluding hydrogens is 361 g/mol. The van der Waals surface area contributed by atoms with E-state index in [2.05, 4.69) is 39.7 Å². The Morgan fingerprint density at radius 1 is 1.14 bits per heavy atom. The highest BCUT2D eigenvalue weighted by molar-refractivity contribution is 5.80. The Labute approximate surface area is 166 Å². The Hall–Kier alpha value is -2.19. The van der Waals surface area contributed by atoms with Crippen molar-refractivity contribution in [3.63, 3.8) is 0 Å². The van der Waals surface area contributed by atoms with E-state index in [1.54, 1.807) is 19.2 Å². The van der Waals surface area contributed by atoms with E-state index in [1.807, 2.05) is 0 Å². The highest BCUT2D eigenvalue weighted by Gasteiger charge is 2.28. The first-order valence-corrected chi connectivity index (χ1v) is 9.69. The van der Waals surface area contributed by atoms with Gasteiger partial charge in [-0.2, -0.15) is 0 Å². The zero-order chi connectivity index (χ0) is 20.4. The molecule has 1 saturated heterocycles. The Morgan fingerprint density at radius 2 is 1.79 bits per heavy atom. The number of carbonyl (C=O) groups is 1. The first-order valence-electron chi connectivity index (χ1n) is 9.69. The van der Waals surface area contributed by atoms with Crippen LogP contribution >= 0.6 is 0 Å². The molecule has 1 aliphatic heterocycles. The van der Waals surface area contributed by atoms with Gasteiger partial charge in [-0.15, -0.1) is 0 Å². The lowest BCUT2D eigenvalue weighted by molar-refractivity contribution is -0.120. The number of rotatable bonds is 8. The van der Waals surface area contributed by atoms with Gasteiger partial charge in [-0.3, -0.25) is 14.7 Å². The summed E-state index contributed by atoms with van der Waals surface area (Å²) in [5, 5.41) is 9.40. The number of hydrogen-bond acceptors (Lipinski definition) is 4. The van der Waals surface area contributed by atoms with Gasteiger partial charge in [-0.1, -0.05) is 12.1 Å². The normalized spacial score (nSPS) is 15.9. The van der Waals surface area contributed by atoms with Crippen molar-refractivity contribution in [2.75, 3.05) is 53.0 Å². The van der Waals surface area contributed by atoms with Gasteiger partial charge in [0.1, 0.15) is 5.82 Å². The summed E-state index contributed by atoms with van der Waals surface area (Å²) in [4.78, 5) is 18.6. The summed E-state index contributed by atoms with van der Waals surface area (Å²) in [6.07, 6.45) is 0.237. The van der Waals surface area contributed by atoms with Crippen molar-refractivity contribution in [1.29, 1.82) is 0 Å². The number of carbonyl (C=O) groups excluding carboxylic acids is 1. The lowest BCUT2D eigenvalue weighted by Crippen LogP contribution is -2.56. The van der Waals surface area contributed by atoms with Crippen molar-refractivity contribution in [3.8, 4) is 0 Å². The lowest BCUT2D eigenvalue weighted by Gasteiger charge is -2.41. The molecule has 0 aliphatic carbocycles. The summed E-state index contributed by atoms with van der Waals surface area (Å²) in [6.45, 7) is 9.61. The first-order chi connectivity index (χ1) is 13.4. The van der Waals surface area contributed by atoms with Crippen molar-refractivity contribution >= 4 is 11.9 Å². The van der Waals surface area contributed by atoms with Gasteiger partial charge < -0.3 is 20.7 Å². The summed E-state index contributed by atoms with van der Waals surface area (Å²) in [5.74, 6) is 0.308. The second-order valence-electron chi connectivity index (χ2n) is 7.42. The molecule has 1 amide bonds. The van der Waals surface area contributed by atoms with Crippen molar-refractivity contribution in [2.24, 2.45) is 4.99 Å². The molecule has 1 heterocycles. The molecule has 0 radical (unpaired) electrons. The molecule has 3 N–H and O–H groups in total. The average Bonchev–Trinajstić information content (AvgIpc) is 2.70. The third-order valence-corrected chi connectivity index (χ3v) is 4.80. The quantitative estimate of drug-likeness (QED) is 0.345. The summed E-state index contributed by atoms with van der Waals surface area (Å²) in [6, 6.07) is 5.96. The van der Waals surface area contributed by atoms with E-state index >= 15 is 0 Å². The molecule has 2 rings (SSSR count). The molecule has 0 bridgehead atoms. The van der Waals surface area contributed by atoms with E-state index in [-0.39, 0.29) is 23.7 Å². The fraction of sp³-hybridized carbons (Fsp3) is 0.600. The van der Waals surface area contributed by atoms with E-state index < -0.39 is 0 Å². The predicted molar refractivity (Wildman–Crippen MR) is 109 cm³/mol. The number of halogens is 1. The van der Waals surface area contributed by atoms with E-state index in [0.29, 0.717) is 19.0 Å². The number of guanidine groups is 1. The van der Waals surface area contributed by atoms with E-state index in [9.17, 15) is 9.18 Å². The van der Waals surface area contributed by atoms with Crippen LogP contribution in [0.1, 0.15) is 19.4 Å². The standard InChI is InChI=1S/C20H32FN5O2/c1-20(2,26-10-12-28-13-11-26)15-25-19(22-3)24-9-8-23-18(27)14-16-4-6-17(21)7-5-16/h4-7H,8-15H2,1-3H3,(H,23,27)(H2,22,24,25). The number of aliphatic imine (C=N–C) groups is 1. The van der Waals surface area contributed by atoms with Crippen LogP contribution in [-0.4, -0.2) is 75.3 Å². The van der Waals surface area contributed by atoms with E-state index in [0.717, 1.165) is 38.4 Å². The van der Waals surface area contributed by atoms with E-state index in [4.69, 9.17) is 4.74 Å². The number of nitrogens with one attached hydrogen (secondary N) is 3. The minimum Gasteiger partial charge on any atom is -0.379 e. The van der Waals surface area contributed by atoms with Gasteiger partial charge >= 0.3 is 0 Å². The number of morpholine rings is 1. The van der Waals surface area contributed by atoms with Crippen molar-refractivity contribution in [1.82, 2.24) is 20.9 Å². The molecule has 0 saturated carbocycles. The maximum atomic E-state index is 12.9. The molecule has 0 unspecified atom stereocenters. The summed E-state index contributed by atoms with van der Waals surface area (Å²) in [7, 11) is 1.73. The van der Waals surface area contributed by atoms with Gasteiger partial charge in [0.2, 0.25) is 5.91 Å². The zero-order valence-corrected chi connectivity index (χ0v) is 17.1. The Kier molecular flexibility index (Phi) is 8.66. The summed E-state index contributed by atoms with van der Waals surface area (Å²) in [5.41, 5.74) is 0.778. The van der Waals surface area contributed by atoms with Crippen LogP contribution in [0.25, 0.3) is 0 Å². The molecule has 0 aromatic heterocycles. The van der Waals surface area contributed by atoms with Crippen LogP contribution in [0.2, 0.25) is 0 Å². The molecule has 7 nitrogen and oxygen atoms in total. The fourth-order valence-corrected chi connectivity index (χ4v) is 3.03. The highest BCUT2D eigenvalue weighted by Crippen LogP contribution is 2.14. The molecule has 8 heteroatoms. The van der Waals surface area contributed by atoms with Gasteiger partial charge in [0.05, 0.1) is 19.6 Å². The molecule has 156 valence electrons. The molecule has 1 aromatic rings. The minimum atomic E-state index is -0.302. The van der Waals surface area contributed by atoms with Crippen LogP contribution in [-0.2, 0) is 16.0 Å². The average molecular weight is 394 g/mol. The second kappa shape index (κ2) is 11.0. The van der Waals surface area contributed by atoms with Gasteiger partial charge in [-0.05, 0) is 31.5 Å². The van der Waals surface area contributed by atoms with Gasteiger partial charge in [0.25, 0.3) is 0 Å². The smallest absolute Gasteiger partial charge is 0.224 e. The summed E-state index contributed by atoms with van der Waals surface area (Å²) >= 11 is 0. The largest absolute Gasteiger partial charge is 0.379 e. The zero-order valence-electron chi connectivity index (χ0n) is 17.1. The number of amides is 1. The number of hydrogen-bond donors (Lipinski definition) is 3. The fourth-order valence-electron chi connectivity index (χ4n) is 3.03. The van der Waals surface area contributed by atoms with Crippen LogP contribution in [0, 0.1) is 5.82 Å². The summed E-state index contributed by atoms with van der Waals surface area (Å²) < 4.78 is 18.3. The molecule has 0 spiro atoms. The van der Waals surface area contributed by atoms with Crippen LogP contribution in [0.5, 0.6) is 0 Å². The van der Waals surface area contributed by atoms with Crippen LogP contribution in [0.3, 0.4) is 0 Å². The highest BCUT2D eigenvalue weighted by atomic mass is 19.1. The molecule has 1 aromatic carbocycles. The molecule has 0 atom stereocenters. The molecule has 1 aliphatic rings. The Bertz CT molecular complexity index is 643. The van der Waals surface area contributed by atoms with Gasteiger partial charge in [0.15, 0.2) is 5.96 Å². The monoisotopic (exact) mass is 393 g/mol. The lowest BCUT2D eigenvalue weighted by atomic mass is 10.0. The van der Waals surface area contributed by atoms with Crippen molar-refractivity contribution < 1.29 is 13.9 Å². The molecular formula is C20H32FN5O2. The van der Waals surface area contributed by atoms with Crippen LogP contribution in [0.15, 0.2) is 29.3 Å². The van der Waals surface area contributed by atoms with E-state index in [1.165, 1.54) is 12.1 Å². The van der Waals surface area contributed by atoms with Crippen LogP contribution < -0.4 is 16.0 Å². The van der Waals surface area contributed by atoms with Gasteiger partial charge in [-0.25, -0.2) is 4.39 Å². The maximum absolute atomic E-state index is 12.9. The maximum Gasteiger partial charge on any atom is 0.224 e. The third kappa shape index (κ3) is 7.44. The first kappa shape index (κ1) is 22.1. The topological polar surface area (TPSA) is 78.0 Å². The minimum absolute atomic E-state index is 0.00915. The molecule has 1 fully saturated rings. The predicted octanol–water partition coefficient (Wildman–Crippen LogP) is 0.760. The Morgan fingerprint density at radius 3 is 2.43 bits per heavy atom. The SMILES string of the molecule is CN=C(NCCNC(=O)Cc1ccc(F)cc1)NCC(C)(C)N1CCOCC1. The number of benzene rings is 1. The Balaban J connectivity index is 1.65. The number of nitrogens with zero attached hydrogens (tertiary/aromatic N) is 2. The van der Waals surface area contributed by atoms with Gasteiger partial charge in [0, 0.05) is 45.3 Å². The van der Waals surface area contributed by atoms with Crippen molar-refractivity contribution in [3.05, 3.63) is 35.6 Å². The number of ether oxygens (including phenoxy) is 1.